The molecule has 0 aliphatic rings. The number of halogens is 1. The quantitative estimate of drug-likeness (QED) is 0.621. The first kappa shape index (κ1) is 16.7. The van der Waals surface area contributed by atoms with E-state index in [1.54, 1.807) is 0 Å². The van der Waals surface area contributed by atoms with Gasteiger partial charge in [-0.2, -0.15) is 0 Å². The lowest BCUT2D eigenvalue weighted by Crippen LogP contribution is -2.28. The summed E-state index contributed by atoms with van der Waals surface area (Å²) in [5.41, 5.74) is 4.21. The lowest BCUT2D eigenvalue weighted by molar-refractivity contribution is 0.446. The molecule has 0 amide bonds. The first-order chi connectivity index (χ1) is 9.08. The Bertz CT molecular complexity index is 364. The molecular formula is C17H28BrN. The maximum absolute atomic E-state index is 3.73. The number of unbranched alkanes of at least 4 members (excludes halogenated alkanes) is 2. The molecule has 0 heterocycles. The van der Waals surface area contributed by atoms with Gasteiger partial charge in [0.1, 0.15) is 0 Å². The predicted octanol–water partition coefficient (Wildman–Crippen LogP) is 5.51. The average Bonchev–Trinajstić information content (AvgIpc) is 2.35. The highest BCUT2D eigenvalue weighted by atomic mass is 79.9. The molecule has 1 aromatic rings. The molecule has 0 spiro atoms. The third-order valence-electron chi connectivity index (χ3n) is 3.88. The Morgan fingerprint density at radius 2 is 1.74 bits per heavy atom. The molecular weight excluding hydrogens is 298 g/mol. The van der Waals surface area contributed by atoms with E-state index < -0.39 is 0 Å². The molecule has 1 N–H and O–H groups in total. The highest BCUT2D eigenvalue weighted by molar-refractivity contribution is 9.10. The van der Waals surface area contributed by atoms with Crippen LogP contribution in [0.3, 0.4) is 0 Å². The topological polar surface area (TPSA) is 12.0 Å². The van der Waals surface area contributed by atoms with Gasteiger partial charge in [0.15, 0.2) is 0 Å². The molecule has 0 radical (unpaired) electrons. The van der Waals surface area contributed by atoms with Gasteiger partial charge in [-0.05, 0) is 55.5 Å². The zero-order valence-electron chi connectivity index (χ0n) is 12.9. The van der Waals surface area contributed by atoms with Crippen LogP contribution in [0.1, 0.15) is 62.6 Å². The minimum atomic E-state index is 0.661. The van der Waals surface area contributed by atoms with Crippen LogP contribution in [-0.4, -0.2) is 6.04 Å². The van der Waals surface area contributed by atoms with E-state index in [4.69, 9.17) is 0 Å². The van der Waals surface area contributed by atoms with E-state index in [0.29, 0.717) is 6.04 Å². The van der Waals surface area contributed by atoms with Crippen molar-refractivity contribution in [2.45, 2.75) is 72.4 Å². The fourth-order valence-electron chi connectivity index (χ4n) is 2.56. The molecule has 1 unspecified atom stereocenters. The molecule has 108 valence electrons. The monoisotopic (exact) mass is 325 g/mol. The van der Waals surface area contributed by atoms with Crippen LogP contribution in [0.5, 0.6) is 0 Å². The molecule has 0 saturated heterocycles. The largest absolute Gasteiger partial charge is 0.310 e. The summed E-state index contributed by atoms with van der Waals surface area (Å²) in [4.78, 5) is 0. The molecule has 19 heavy (non-hydrogen) atoms. The van der Waals surface area contributed by atoms with Crippen molar-refractivity contribution in [2.75, 3.05) is 0 Å². The van der Waals surface area contributed by atoms with Crippen LogP contribution in [0.4, 0.5) is 0 Å². The van der Waals surface area contributed by atoms with Gasteiger partial charge in [-0.3, -0.25) is 0 Å². The summed E-state index contributed by atoms with van der Waals surface area (Å²) >= 11 is 3.56. The van der Waals surface area contributed by atoms with E-state index in [-0.39, 0.29) is 0 Å². The van der Waals surface area contributed by atoms with Crippen molar-refractivity contribution < 1.29 is 0 Å². The fourth-order valence-corrected chi connectivity index (χ4v) is 3.24. The lowest BCUT2D eigenvalue weighted by atomic mass is 10.0. The molecule has 1 rings (SSSR count). The maximum Gasteiger partial charge on any atom is 0.0213 e. The smallest absolute Gasteiger partial charge is 0.0213 e. The second-order valence-electron chi connectivity index (χ2n) is 5.50. The summed E-state index contributed by atoms with van der Waals surface area (Å²) in [7, 11) is 0. The van der Waals surface area contributed by atoms with Gasteiger partial charge < -0.3 is 5.32 Å². The van der Waals surface area contributed by atoms with E-state index >= 15 is 0 Å². The second kappa shape index (κ2) is 8.76. The first-order valence-electron chi connectivity index (χ1n) is 7.57. The normalized spacial score (nSPS) is 12.7. The summed E-state index contributed by atoms with van der Waals surface area (Å²) in [5, 5.41) is 3.73. The summed E-state index contributed by atoms with van der Waals surface area (Å²) in [6.07, 6.45) is 6.54. The molecule has 0 aliphatic carbocycles. The van der Waals surface area contributed by atoms with Gasteiger partial charge in [-0.1, -0.05) is 49.0 Å². The maximum atomic E-state index is 3.73. The molecule has 1 nitrogen and oxygen atoms in total. The minimum absolute atomic E-state index is 0.661. The van der Waals surface area contributed by atoms with Gasteiger partial charge in [-0.25, -0.2) is 0 Å². The zero-order chi connectivity index (χ0) is 14.3. The predicted molar refractivity (Wildman–Crippen MR) is 88.7 cm³/mol. The molecule has 0 saturated carbocycles. The van der Waals surface area contributed by atoms with Gasteiger partial charge in [-0.15, -0.1) is 0 Å². The standard InChI is InChI=1S/C17H28BrN/c1-5-7-8-9-16(6-2)19-12-17-13(3)10-15(18)11-14(17)4/h10-11,16,19H,5-9,12H2,1-4H3. The Hall–Kier alpha value is -0.340. The zero-order valence-corrected chi connectivity index (χ0v) is 14.4. The van der Waals surface area contributed by atoms with Crippen molar-refractivity contribution in [1.82, 2.24) is 5.32 Å². The summed E-state index contributed by atoms with van der Waals surface area (Å²) in [5.74, 6) is 0. The summed E-state index contributed by atoms with van der Waals surface area (Å²) in [6.45, 7) is 9.95. The van der Waals surface area contributed by atoms with Crippen LogP contribution < -0.4 is 5.32 Å². The van der Waals surface area contributed by atoms with Crippen molar-refractivity contribution in [3.8, 4) is 0 Å². The van der Waals surface area contributed by atoms with Crippen LogP contribution in [0.25, 0.3) is 0 Å². The van der Waals surface area contributed by atoms with Crippen molar-refractivity contribution in [1.29, 1.82) is 0 Å². The second-order valence-corrected chi connectivity index (χ2v) is 6.42. The number of nitrogens with one attached hydrogen (secondary N) is 1. The van der Waals surface area contributed by atoms with E-state index in [2.05, 4.69) is 61.1 Å². The highest BCUT2D eigenvalue weighted by Gasteiger charge is 2.08. The van der Waals surface area contributed by atoms with Gasteiger partial charge in [0.2, 0.25) is 0 Å². The van der Waals surface area contributed by atoms with Crippen LogP contribution in [-0.2, 0) is 6.54 Å². The molecule has 0 aliphatic heterocycles. The summed E-state index contributed by atoms with van der Waals surface area (Å²) < 4.78 is 1.18. The number of rotatable bonds is 8. The van der Waals surface area contributed by atoms with Gasteiger partial charge >= 0.3 is 0 Å². The van der Waals surface area contributed by atoms with Crippen LogP contribution in [0, 0.1) is 13.8 Å². The van der Waals surface area contributed by atoms with Crippen LogP contribution in [0.15, 0.2) is 16.6 Å². The van der Waals surface area contributed by atoms with Crippen molar-refractivity contribution in [2.24, 2.45) is 0 Å². The van der Waals surface area contributed by atoms with Crippen LogP contribution >= 0.6 is 15.9 Å². The molecule has 2 heteroatoms. The lowest BCUT2D eigenvalue weighted by Gasteiger charge is -2.19. The number of benzene rings is 1. The Kier molecular flexibility index (Phi) is 7.70. The number of aryl methyl sites for hydroxylation is 2. The Morgan fingerprint density at radius 1 is 1.11 bits per heavy atom. The third kappa shape index (κ3) is 5.66. The molecule has 0 bridgehead atoms. The van der Waals surface area contributed by atoms with Gasteiger partial charge in [0.25, 0.3) is 0 Å². The van der Waals surface area contributed by atoms with E-state index in [1.165, 1.54) is 53.3 Å². The summed E-state index contributed by atoms with van der Waals surface area (Å²) in [6, 6.07) is 5.08. The van der Waals surface area contributed by atoms with Crippen molar-refractivity contribution >= 4 is 15.9 Å². The molecule has 1 aromatic carbocycles. The fraction of sp³-hybridized carbons (Fsp3) is 0.647. The first-order valence-corrected chi connectivity index (χ1v) is 8.36. The van der Waals surface area contributed by atoms with E-state index in [0.717, 1.165) is 6.54 Å². The molecule has 0 aromatic heterocycles. The third-order valence-corrected chi connectivity index (χ3v) is 4.34. The molecule has 1 atom stereocenters. The van der Waals surface area contributed by atoms with Gasteiger partial charge in [0, 0.05) is 17.1 Å². The SMILES string of the molecule is CCCCCC(CC)NCc1c(C)cc(Br)cc1C. The minimum Gasteiger partial charge on any atom is -0.310 e. The Labute approximate surface area is 127 Å². The Balaban J connectivity index is 2.55. The number of hydrogen-bond donors (Lipinski definition) is 1. The van der Waals surface area contributed by atoms with Crippen molar-refractivity contribution in [3.05, 3.63) is 33.3 Å². The average molecular weight is 326 g/mol. The van der Waals surface area contributed by atoms with Crippen LogP contribution in [0.2, 0.25) is 0 Å². The van der Waals surface area contributed by atoms with E-state index in [9.17, 15) is 0 Å². The van der Waals surface area contributed by atoms with Gasteiger partial charge in [0.05, 0.1) is 0 Å². The number of hydrogen-bond acceptors (Lipinski definition) is 1. The Morgan fingerprint density at radius 3 is 2.26 bits per heavy atom. The van der Waals surface area contributed by atoms with Crippen molar-refractivity contribution in [3.63, 3.8) is 0 Å². The van der Waals surface area contributed by atoms with E-state index in [1.807, 2.05) is 0 Å². The molecule has 0 fully saturated rings. The highest BCUT2D eigenvalue weighted by Crippen LogP contribution is 2.21.